The Balaban J connectivity index is 1.48. The summed E-state index contributed by atoms with van der Waals surface area (Å²) in [6.45, 7) is 0.932. The molecule has 0 spiro atoms. The Bertz CT molecular complexity index is 901. The zero-order chi connectivity index (χ0) is 19.5. The molecule has 1 amide bonds. The summed E-state index contributed by atoms with van der Waals surface area (Å²) >= 11 is 0. The number of carbonyl (C=O) groups is 2. The predicted octanol–water partition coefficient (Wildman–Crippen LogP) is 3.28. The molecule has 28 heavy (non-hydrogen) atoms. The van der Waals surface area contributed by atoms with Crippen LogP contribution in [-0.2, 0) is 22.6 Å². The van der Waals surface area contributed by atoms with Crippen LogP contribution in [0.2, 0.25) is 0 Å². The van der Waals surface area contributed by atoms with Crippen LogP contribution in [0.4, 0.5) is 5.69 Å². The molecule has 7 nitrogen and oxygen atoms in total. The molecule has 146 valence electrons. The lowest BCUT2D eigenvalue weighted by atomic mass is 9.82. The first-order valence-electron chi connectivity index (χ1n) is 9.84. The Morgan fingerprint density at radius 2 is 1.75 bits per heavy atom. The minimum atomic E-state index is -0.924. The minimum absolute atomic E-state index is 0.249. The van der Waals surface area contributed by atoms with Gasteiger partial charge in [-0.2, -0.15) is 0 Å². The van der Waals surface area contributed by atoms with Gasteiger partial charge in [-0.1, -0.05) is 18.6 Å². The van der Waals surface area contributed by atoms with E-state index >= 15 is 0 Å². The summed E-state index contributed by atoms with van der Waals surface area (Å²) in [7, 11) is 0. The van der Waals surface area contributed by atoms with Crippen molar-refractivity contribution in [1.29, 1.82) is 0 Å². The molecule has 0 radical (unpaired) electrons. The lowest BCUT2D eigenvalue weighted by Gasteiger charge is -2.24. The molecule has 2 aromatic rings. The highest BCUT2D eigenvalue weighted by Crippen LogP contribution is 2.28. The van der Waals surface area contributed by atoms with Crippen LogP contribution >= 0.6 is 0 Å². The summed E-state index contributed by atoms with van der Waals surface area (Å²) in [5.74, 6) is -0.494. The first-order chi connectivity index (χ1) is 13.6. The highest BCUT2D eigenvalue weighted by molar-refractivity contribution is 5.95. The number of amides is 1. The quantitative estimate of drug-likeness (QED) is 0.794. The van der Waals surface area contributed by atoms with E-state index in [-0.39, 0.29) is 5.91 Å². The lowest BCUT2D eigenvalue weighted by molar-refractivity contribution is -0.146. The lowest BCUT2D eigenvalue weighted by Crippen LogP contribution is -2.34. The molecule has 1 aromatic carbocycles. The monoisotopic (exact) mass is 380 g/mol. The van der Waals surface area contributed by atoms with Gasteiger partial charge in [-0.05, 0) is 49.9 Å². The molecule has 7 heteroatoms. The van der Waals surface area contributed by atoms with Crippen molar-refractivity contribution in [2.45, 2.75) is 45.1 Å². The van der Waals surface area contributed by atoms with Gasteiger partial charge in [-0.25, -0.2) is 0 Å². The molecule has 1 aliphatic carbocycles. The standard InChI is InChI=1S/C21H24N4O3/c26-20(16-6-3-4-7-17(16)21(27)28)22-15-11-9-14(10-12-15)19-24-23-18-8-2-1-5-13-25(18)19/h3-4,9-12,16-17H,1-2,5-8,13H2,(H,22,26)(H,27,28)/t16-,17-/m1/s1. The molecule has 0 saturated heterocycles. The molecule has 2 N–H and O–H groups in total. The molecule has 0 bridgehead atoms. The molecule has 1 aromatic heterocycles. The highest BCUT2D eigenvalue weighted by Gasteiger charge is 2.33. The summed E-state index contributed by atoms with van der Waals surface area (Å²) in [5.41, 5.74) is 1.62. The Morgan fingerprint density at radius 1 is 1.00 bits per heavy atom. The number of hydrogen-bond donors (Lipinski definition) is 2. The molecular formula is C21H24N4O3. The fraction of sp³-hybridized carbons (Fsp3) is 0.429. The van der Waals surface area contributed by atoms with Crippen molar-refractivity contribution in [2.75, 3.05) is 5.32 Å². The summed E-state index contributed by atoms with van der Waals surface area (Å²) in [5, 5.41) is 20.9. The van der Waals surface area contributed by atoms with Gasteiger partial charge in [0, 0.05) is 24.2 Å². The summed E-state index contributed by atoms with van der Waals surface area (Å²) in [4.78, 5) is 24.0. The average molecular weight is 380 g/mol. The van der Waals surface area contributed by atoms with Gasteiger partial charge in [0.1, 0.15) is 5.82 Å². The van der Waals surface area contributed by atoms with Gasteiger partial charge in [-0.3, -0.25) is 9.59 Å². The fourth-order valence-corrected chi connectivity index (χ4v) is 4.01. The second-order valence-corrected chi connectivity index (χ2v) is 7.46. The number of nitrogens with one attached hydrogen (secondary N) is 1. The number of nitrogens with zero attached hydrogens (tertiary/aromatic N) is 3. The smallest absolute Gasteiger partial charge is 0.307 e. The maximum Gasteiger partial charge on any atom is 0.307 e. The Morgan fingerprint density at radius 3 is 2.50 bits per heavy atom. The number of anilines is 1. The van der Waals surface area contributed by atoms with E-state index in [9.17, 15) is 14.7 Å². The van der Waals surface area contributed by atoms with Gasteiger partial charge in [0.2, 0.25) is 5.91 Å². The molecule has 4 rings (SSSR count). The second kappa shape index (κ2) is 7.96. The van der Waals surface area contributed by atoms with Gasteiger partial charge in [-0.15, -0.1) is 10.2 Å². The number of carboxylic acid groups (broad SMARTS) is 1. The maximum absolute atomic E-state index is 12.6. The summed E-state index contributed by atoms with van der Waals surface area (Å²) in [6, 6.07) is 7.51. The fourth-order valence-electron chi connectivity index (χ4n) is 4.01. The average Bonchev–Trinajstić information content (AvgIpc) is 2.96. The molecule has 0 unspecified atom stereocenters. The van der Waals surface area contributed by atoms with Crippen molar-refractivity contribution in [3.05, 3.63) is 42.2 Å². The third-order valence-electron chi connectivity index (χ3n) is 5.61. The topological polar surface area (TPSA) is 97.1 Å². The minimum Gasteiger partial charge on any atom is -0.481 e. The molecule has 0 saturated carbocycles. The molecule has 0 fully saturated rings. The van der Waals surface area contributed by atoms with Crippen LogP contribution in [0.15, 0.2) is 36.4 Å². The van der Waals surface area contributed by atoms with Crippen molar-refractivity contribution >= 4 is 17.6 Å². The van der Waals surface area contributed by atoms with E-state index in [0.717, 1.165) is 43.0 Å². The molecular weight excluding hydrogens is 356 g/mol. The first-order valence-corrected chi connectivity index (χ1v) is 9.84. The van der Waals surface area contributed by atoms with Crippen molar-refractivity contribution < 1.29 is 14.7 Å². The SMILES string of the molecule is O=C(O)[C@@H]1CC=CC[C@H]1C(=O)Nc1ccc(-c2nnc3n2CCCCC3)cc1. The number of carboxylic acids is 1. The van der Waals surface area contributed by atoms with Crippen LogP contribution in [0.5, 0.6) is 0 Å². The van der Waals surface area contributed by atoms with Crippen LogP contribution in [0.3, 0.4) is 0 Å². The van der Waals surface area contributed by atoms with E-state index in [2.05, 4.69) is 20.1 Å². The van der Waals surface area contributed by atoms with Gasteiger partial charge in [0.25, 0.3) is 0 Å². The number of aliphatic carboxylic acids is 1. The van der Waals surface area contributed by atoms with Gasteiger partial charge >= 0.3 is 5.97 Å². The van der Waals surface area contributed by atoms with Crippen LogP contribution in [0.25, 0.3) is 11.4 Å². The van der Waals surface area contributed by atoms with Crippen LogP contribution < -0.4 is 5.32 Å². The number of aryl methyl sites for hydroxylation is 1. The molecule has 2 heterocycles. The number of allylic oxidation sites excluding steroid dienone is 2. The highest BCUT2D eigenvalue weighted by atomic mass is 16.4. The summed E-state index contributed by atoms with van der Waals surface area (Å²) in [6.07, 6.45) is 9.01. The van der Waals surface area contributed by atoms with E-state index in [1.807, 2.05) is 36.4 Å². The van der Waals surface area contributed by atoms with E-state index < -0.39 is 17.8 Å². The van der Waals surface area contributed by atoms with Crippen molar-refractivity contribution in [1.82, 2.24) is 14.8 Å². The maximum atomic E-state index is 12.6. The molecule has 2 aliphatic rings. The van der Waals surface area contributed by atoms with E-state index in [4.69, 9.17) is 0 Å². The number of benzene rings is 1. The predicted molar refractivity (Wildman–Crippen MR) is 105 cm³/mol. The van der Waals surface area contributed by atoms with E-state index in [1.54, 1.807) is 0 Å². The third kappa shape index (κ3) is 3.69. The van der Waals surface area contributed by atoms with Gasteiger partial charge < -0.3 is 15.0 Å². The zero-order valence-corrected chi connectivity index (χ0v) is 15.7. The Labute approximate surface area is 163 Å². The number of hydrogen-bond acceptors (Lipinski definition) is 4. The van der Waals surface area contributed by atoms with Crippen LogP contribution in [0, 0.1) is 11.8 Å². The first kappa shape index (κ1) is 18.4. The Hall–Kier alpha value is -2.96. The van der Waals surface area contributed by atoms with Gasteiger partial charge in [0.05, 0.1) is 11.8 Å². The van der Waals surface area contributed by atoms with Crippen molar-refractivity contribution in [2.24, 2.45) is 11.8 Å². The van der Waals surface area contributed by atoms with E-state index in [0.29, 0.717) is 18.5 Å². The number of fused-ring (bicyclic) bond motifs is 1. The van der Waals surface area contributed by atoms with Crippen molar-refractivity contribution in [3.8, 4) is 11.4 Å². The molecule has 1 aliphatic heterocycles. The third-order valence-corrected chi connectivity index (χ3v) is 5.61. The largest absolute Gasteiger partial charge is 0.481 e. The number of rotatable bonds is 4. The second-order valence-electron chi connectivity index (χ2n) is 7.46. The van der Waals surface area contributed by atoms with Gasteiger partial charge in [0.15, 0.2) is 5.82 Å². The van der Waals surface area contributed by atoms with E-state index in [1.165, 1.54) is 6.42 Å². The van der Waals surface area contributed by atoms with Crippen LogP contribution in [0.1, 0.15) is 37.9 Å². The zero-order valence-electron chi connectivity index (χ0n) is 15.7. The Kier molecular flexibility index (Phi) is 5.23. The number of carbonyl (C=O) groups excluding carboxylic acids is 1. The molecule has 2 atom stereocenters. The summed E-state index contributed by atoms with van der Waals surface area (Å²) < 4.78 is 2.19. The van der Waals surface area contributed by atoms with Crippen LogP contribution in [-0.4, -0.2) is 31.7 Å². The number of aromatic nitrogens is 3. The van der Waals surface area contributed by atoms with Crippen molar-refractivity contribution in [3.63, 3.8) is 0 Å². The normalized spacial score (nSPS) is 21.6.